The lowest BCUT2D eigenvalue weighted by Crippen LogP contribution is -2.50. The van der Waals surface area contributed by atoms with Crippen LogP contribution >= 0.6 is 0 Å². The summed E-state index contributed by atoms with van der Waals surface area (Å²) in [6, 6.07) is 5.51. The van der Waals surface area contributed by atoms with Gasteiger partial charge in [-0.15, -0.1) is 0 Å². The van der Waals surface area contributed by atoms with Crippen LogP contribution in [0.5, 0.6) is 5.75 Å². The van der Waals surface area contributed by atoms with Gasteiger partial charge < -0.3 is 25.4 Å². The summed E-state index contributed by atoms with van der Waals surface area (Å²) in [5, 5.41) is 31.9. The van der Waals surface area contributed by atoms with Crippen molar-refractivity contribution in [3.63, 3.8) is 0 Å². The van der Waals surface area contributed by atoms with Gasteiger partial charge in [0, 0.05) is 19.3 Å². The highest BCUT2D eigenvalue weighted by atomic mass is 16.5. The van der Waals surface area contributed by atoms with Crippen molar-refractivity contribution < 1.29 is 44.0 Å². The molecular formula is C38H57NO9. The maximum Gasteiger partial charge on any atom is 0.326 e. The van der Waals surface area contributed by atoms with Crippen molar-refractivity contribution in [3.05, 3.63) is 42.0 Å². The number of carboxylic acids is 3. The lowest BCUT2D eigenvalue weighted by atomic mass is 9.73. The van der Waals surface area contributed by atoms with Crippen LogP contribution in [0.4, 0.5) is 0 Å². The Morgan fingerprint density at radius 1 is 0.938 bits per heavy atom. The summed E-state index contributed by atoms with van der Waals surface area (Å²) >= 11 is 0. The summed E-state index contributed by atoms with van der Waals surface area (Å²) in [4.78, 5) is 61.9. The third kappa shape index (κ3) is 15.0. The summed E-state index contributed by atoms with van der Waals surface area (Å²) in [5.74, 6) is -4.29. The maximum absolute atomic E-state index is 13.5. The van der Waals surface area contributed by atoms with E-state index in [0.717, 1.165) is 38.5 Å². The van der Waals surface area contributed by atoms with E-state index in [-0.39, 0.29) is 6.42 Å². The predicted molar refractivity (Wildman–Crippen MR) is 184 cm³/mol. The van der Waals surface area contributed by atoms with Crippen LogP contribution in [0.1, 0.15) is 123 Å². The van der Waals surface area contributed by atoms with E-state index in [1.165, 1.54) is 45.1 Å². The van der Waals surface area contributed by atoms with Gasteiger partial charge in [-0.25, -0.2) is 4.79 Å². The van der Waals surface area contributed by atoms with Crippen molar-refractivity contribution >= 4 is 29.6 Å². The van der Waals surface area contributed by atoms with Crippen LogP contribution in [-0.4, -0.2) is 57.6 Å². The van der Waals surface area contributed by atoms with E-state index in [4.69, 9.17) is 4.74 Å². The van der Waals surface area contributed by atoms with Gasteiger partial charge in [0.2, 0.25) is 5.91 Å². The first kappa shape index (κ1) is 40.5. The number of rotatable bonds is 24. The number of allylic oxidation sites excluding steroid dienone is 1. The van der Waals surface area contributed by atoms with Gasteiger partial charge in [-0.1, -0.05) is 83.1 Å². The van der Waals surface area contributed by atoms with Crippen LogP contribution in [0.25, 0.3) is 0 Å². The highest BCUT2D eigenvalue weighted by molar-refractivity contribution is 5.93. The van der Waals surface area contributed by atoms with E-state index in [1.54, 1.807) is 30.3 Å². The molecule has 10 heteroatoms. The Labute approximate surface area is 285 Å². The molecule has 4 N–H and O–H groups in total. The molecule has 0 aromatic heterocycles. The summed E-state index contributed by atoms with van der Waals surface area (Å²) in [6.07, 6.45) is 15.5. The van der Waals surface area contributed by atoms with Crippen molar-refractivity contribution in [2.75, 3.05) is 6.61 Å². The molecule has 268 valence electrons. The van der Waals surface area contributed by atoms with E-state index in [9.17, 15) is 39.3 Å². The number of carbonyl (C=O) groups is 5. The molecule has 1 fully saturated rings. The average molecular weight is 672 g/mol. The number of hydrogen-bond acceptors (Lipinski definition) is 6. The number of carbonyl (C=O) groups excluding carboxylic acids is 2. The average Bonchev–Trinajstić information content (AvgIpc) is 3.03. The molecule has 0 unspecified atom stereocenters. The molecule has 0 aliphatic heterocycles. The Kier molecular flexibility index (Phi) is 18.0. The largest absolute Gasteiger partial charge is 0.494 e. The zero-order valence-electron chi connectivity index (χ0n) is 29.1. The first-order valence-corrected chi connectivity index (χ1v) is 17.7. The molecule has 48 heavy (non-hydrogen) atoms. The van der Waals surface area contributed by atoms with Gasteiger partial charge >= 0.3 is 17.9 Å². The Morgan fingerprint density at radius 3 is 2.21 bits per heavy atom. The van der Waals surface area contributed by atoms with Gasteiger partial charge in [0.15, 0.2) is 0 Å². The first-order valence-electron chi connectivity index (χ1n) is 17.7. The molecule has 1 aliphatic rings. The lowest BCUT2D eigenvalue weighted by molar-refractivity contribution is -0.159. The van der Waals surface area contributed by atoms with E-state index in [1.807, 2.05) is 0 Å². The first-order chi connectivity index (χ1) is 22.8. The minimum Gasteiger partial charge on any atom is -0.494 e. The molecule has 2 rings (SSSR count). The molecule has 1 amide bonds. The van der Waals surface area contributed by atoms with Crippen LogP contribution < -0.4 is 10.1 Å². The lowest BCUT2D eigenvalue weighted by Gasteiger charge is -2.30. The summed E-state index contributed by atoms with van der Waals surface area (Å²) < 4.78 is 5.71. The summed E-state index contributed by atoms with van der Waals surface area (Å²) in [7, 11) is 0. The SMILES string of the molecule is CC(C)CCOc1ccc(C[C@H](NC(=O)[C@@H](/C=C/CCCCCCC(=O)CCC2CCCCC2)[C@@](C)(CC(=O)O)C(=O)O)C(=O)O)cc1. The van der Waals surface area contributed by atoms with Crippen molar-refractivity contribution in [1.82, 2.24) is 5.32 Å². The second kappa shape index (κ2) is 21.3. The molecular weight excluding hydrogens is 614 g/mol. The van der Waals surface area contributed by atoms with Gasteiger partial charge in [-0.05, 0) is 68.6 Å². The number of aliphatic carboxylic acids is 3. The minimum absolute atomic E-state index is 0.0599. The number of hydrogen-bond donors (Lipinski definition) is 4. The molecule has 3 atom stereocenters. The smallest absolute Gasteiger partial charge is 0.326 e. The zero-order chi connectivity index (χ0) is 35.5. The highest BCUT2D eigenvalue weighted by Gasteiger charge is 2.46. The van der Waals surface area contributed by atoms with Crippen LogP contribution in [0.15, 0.2) is 36.4 Å². The van der Waals surface area contributed by atoms with E-state index >= 15 is 0 Å². The number of amides is 1. The molecule has 1 aromatic carbocycles. The monoisotopic (exact) mass is 671 g/mol. The van der Waals surface area contributed by atoms with Crippen LogP contribution in [-0.2, 0) is 30.4 Å². The van der Waals surface area contributed by atoms with E-state index in [0.29, 0.717) is 54.8 Å². The fourth-order valence-electron chi connectivity index (χ4n) is 6.19. The van der Waals surface area contributed by atoms with Gasteiger partial charge in [0.1, 0.15) is 17.6 Å². The van der Waals surface area contributed by atoms with Crippen molar-refractivity contribution in [3.8, 4) is 5.75 Å². The number of nitrogens with one attached hydrogen (secondary N) is 1. The second-order valence-electron chi connectivity index (χ2n) is 14.0. The van der Waals surface area contributed by atoms with Crippen molar-refractivity contribution in [1.29, 1.82) is 0 Å². The summed E-state index contributed by atoms with van der Waals surface area (Å²) in [6.45, 7) is 5.94. The number of ketones is 1. The molecule has 1 saturated carbocycles. The Hall–Kier alpha value is -3.69. The Morgan fingerprint density at radius 2 is 1.60 bits per heavy atom. The van der Waals surface area contributed by atoms with Crippen LogP contribution in [0.3, 0.4) is 0 Å². The third-order valence-corrected chi connectivity index (χ3v) is 9.38. The van der Waals surface area contributed by atoms with Crippen molar-refractivity contribution in [2.24, 2.45) is 23.2 Å². The van der Waals surface area contributed by atoms with Gasteiger partial charge in [-0.2, -0.15) is 0 Å². The third-order valence-electron chi connectivity index (χ3n) is 9.38. The highest BCUT2D eigenvalue weighted by Crippen LogP contribution is 2.34. The van der Waals surface area contributed by atoms with Gasteiger partial charge in [0.25, 0.3) is 0 Å². The minimum atomic E-state index is -2.01. The molecule has 0 spiro atoms. The number of benzene rings is 1. The quantitative estimate of drug-likeness (QED) is 0.0655. The molecule has 0 bridgehead atoms. The number of Topliss-reactive ketones (excluding diaryl/α,β-unsaturated/α-hetero) is 1. The molecule has 0 saturated heterocycles. The Balaban J connectivity index is 1.96. The normalized spacial score (nSPS) is 16.2. The van der Waals surface area contributed by atoms with Crippen molar-refractivity contribution in [2.45, 2.75) is 130 Å². The standard InChI is InChI=1S/C38H57NO9/c1-27(2)23-24-48-31-21-18-29(19-22-31)25-33(36(44)45)39-35(43)32(38(3,37(46)47)26-34(41)42)16-12-7-5-4-6-11-15-30(40)20-17-28-13-9-8-10-14-28/h12,16,18-19,21-22,27-28,32-33H,4-11,13-15,17,20,23-26H2,1-3H3,(H,39,43)(H,41,42)(H,44,45)(H,46,47)/b16-12+/t32-,33+,38-/m1/s1. The maximum atomic E-state index is 13.5. The molecule has 1 aromatic rings. The predicted octanol–water partition coefficient (Wildman–Crippen LogP) is 7.23. The number of ether oxygens (including phenoxy) is 1. The molecule has 10 nitrogen and oxygen atoms in total. The van der Waals surface area contributed by atoms with E-state index < -0.39 is 47.6 Å². The number of unbranched alkanes of at least 4 members (excludes halogenated alkanes) is 4. The van der Waals surface area contributed by atoms with Crippen LogP contribution in [0, 0.1) is 23.2 Å². The zero-order valence-corrected chi connectivity index (χ0v) is 29.1. The second-order valence-corrected chi connectivity index (χ2v) is 14.0. The molecule has 0 heterocycles. The topological polar surface area (TPSA) is 167 Å². The number of carboxylic acid groups (broad SMARTS) is 3. The van der Waals surface area contributed by atoms with Gasteiger partial charge in [-0.3, -0.25) is 19.2 Å². The molecule has 0 radical (unpaired) electrons. The Bertz CT molecular complexity index is 1200. The van der Waals surface area contributed by atoms with E-state index in [2.05, 4.69) is 19.2 Å². The summed E-state index contributed by atoms with van der Waals surface area (Å²) in [5.41, 5.74) is -1.38. The fraction of sp³-hybridized carbons (Fsp3) is 0.658. The molecule has 1 aliphatic carbocycles. The van der Waals surface area contributed by atoms with Gasteiger partial charge in [0.05, 0.1) is 24.4 Å². The fourth-order valence-corrected chi connectivity index (χ4v) is 6.19. The van der Waals surface area contributed by atoms with Crippen LogP contribution in [0.2, 0.25) is 0 Å².